The van der Waals surface area contributed by atoms with Gasteiger partial charge in [0.05, 0.1) is 6.61 Å². The van der Waals surface area contributed by atoms with Crippen LogP contribution in [0.1, 0.15) is 13.3 Å². The van der Waals surface area contributed by atoms with E-state index in [2.05, 4.69) is 5.32 Å². The lowest BCUT2D eigenvalue weighted by atomic mass is 10.2. The molecular formula is C9H17N3O3. The van der Waals surface area contributed by atoms with Gasteiger partial charge < -0.3 is 15.8 Å². The third-order valence-corrected chi connectivity index (χ3v) is 2.24. The van der Waals surface area contributed by atoms with Crippen LogP contribution in [0, 0.1) is 0 Å². The normalized spacial score (nSPS) is 21.1. The maximum absolute atomic E-state index is 11.5. The van der Waals surface area contributed by atoms with Gasteiger partial charge in [0, 0.05) is 19.6 Å². The average Bonchev–Trinajstić information content (AvgIpc) is 2.25. The number of carbonyl (C=O) groups is 2. The Bertz CT molecular complexity index is 245. The van der Waals surface area contributed by atoms with Crippen molar-refractivity contribution in [2.75, 3.05) is 26.2 Å². The first-order valence-corrected chi connectivity index (χ1v) is 5.10. The summed E-state index contributed by atoms with van der Waals surface area (Å²) in [4.78, 5) is 24.0. The summed E-state index contributed by atoms with van der Waals surface area (Å²) in [7, 11) is 0. The van der Waals surface area contributed by atoms with Gasteiger partial charge >= 0.3 is 6.09 Å². The Labute approximate surface area is 88.7 Å². The number of rotatable bonds is 3. The van der Waals surface area contributed by atoms with E-state index in [1.165, 1.54) is 4.90 Å². The summed E-state index contributed by atoms with van der Waals surface area (Å²) < 4.78 is 4.96. The molecule has 1 heterocycles. The fourth-order valence-corrected chi connectivity index (χ4v) is 1.45. The van der Waals surface area contributed by atoms with Crippen LogP contribution in [0.2, 0.25) is 0 Å². The molecule has 0 aromatic rings. The molecule has 86 valence electrons. The minimum atomic E-state index is -0.594. The van der Waals surface area contributed by atoms with Gasteiger partial charge in [-0.2, -0.15) is 0 Å². The predicted molar refractivity (Wildman–Crippen MR) is 54.2 cm³/mol. The van der Waals surface area contributed by atoms with Crippen molar-refractivity contribution in [2.45, 2.75) is 19.4 Å². The fraction of sp³-hybridized carbons (Fsp3) is 0.778. The van der Waals surface area contributed by atoms with Crippen LogP contribution in [0.15, 0.2) is 0 Å². The first kappa shape index (κ1) is 11.8. The fourth-order valence-electron chi connectivity index (χ4n) is 1.45. The van der Waals surface area contributed by atoms with Gasteiger partial charge in [0.15, 0.2) is 0 Å². The summed E-state index contributed by atoms with van der Waals surface area (Å²) in [5.41, 5.74) is 5.20. The second-order valence-corrected chi connectivity index (χ2v) is 3.43. The van der Waals surface area contributed by atoms with Crippen LogP contribution < -0.4 is 11.1 Å². The molecule has 0 aromatic heterocycles. The Balaban J connectivity index is 2.55. The maximum Gasteiger partial charge on any atom is 0.410 e. The molecule has 0 saturated carbocycles. The Morgan fingerprint density at radius 3 is 2.93 bits per heavy atom. The Kier molecular flexibility index (Phi) is 4.36. The molecule has 6 nitrogen and oxygen atoms in total. The largest absolute Gasteiger partial charge is 0.449 e. The molecule has 0 bridgehead atoms. The van der Waals surface area contributed by atoms with E-state index >= 15 is 0 Å². The molecule has 1 fully saturated rings. The zero-order chi connectivity index (χ0) is 11.3. The molecule has 0 spiro atoms. The Morgan fingerprint density at radius 1 is 1.60 bits per heavy atom. The van der Waals surface area contributed by atoms with Crippen LogP contribution >= 0.6 is 0 Å². The van der Waals surface area contributed by atoms with Crippen molar-refractivity contribution in [2.24, 2.45) is 5.73 Å². The van der Waals surface area contributed by atoms with E-state index in [0.717, 1.165) is 6.42 Å². The highest BCUT2D eigenvalue weighted by Gasteiger charge is 2.31. The zero-order valence-corrected chi connectivity index (χ0v) is 8.86. The number of piperazine rings is 1. The van der Waals surface area contributed by atoms with Crippen LogP contribution in [0.25, 0.3) is 0 Å². The molecule has 1 aliphatic rings. The molecule has 0 radical (unpaired) electrons. The summed E-state index contributed by atoms with van der Waals surface area (Å²) in [5, 5.41) is 3.01. The van der Waals surface area contributed by atoms with Crippen LogP contribution in [0.5, 0.6) is 0 Å². The average molecular weight is 215 g/mol. The number of primary amides is 1. The minimum Gasteiger partial charge on any atom is -0.449 e. The molecule has 0 aromatic carbocycles. The topological polar surface area (TPSA) is 84.7 Å². The minimum absolute atomic E-state index is 0.369. The molecule has 15 heavy (non-hydrogen) atoms. The van der Waals surface area contributed by atoms with Gasteiger partial charge in [0.2, 0.25) is 5.91 Å². The van der Waals surface area contributed by atoms with Gasteiger partial charge in [0.25, 0.3) is 0 Å². The summed E-state index contributed by atoms with van der Waals surface area (Å²) in [6, 6.07) is -0.594. The first-order valence-electron chi connectivity index (χ1n) is 5.10. The highest BCUT2D eigenvalue weighted by molar-refractivity contribution is 5.84. The molecule has 1 atom stereocenters. The van der Waals surface area contributed by atoms with E-state index in [4.69, 9.17) is 10.5 Å². The number of nitrogens with zero attached hydrogens (tertiary/aromatic N) is 1. The van der Waals surface area contributed by atoms with Crippen molar-refractivity contribution >= 4 is 12.0 Å². The van der Waals surface area contributed by atoms with Crippen molar-refractivity contribution in [3.63, 3.8) is 0 Å². The number of carbonyl (C=O) groups excluding carboxylic acids is 2. The summed E-state index contributed by atoms with van der Waals surface area (Å²) >= 11 is 0. The van der Waals surface area contributed by atoms with Crippen molar-refractivity contribution in [1.82, 2.24) is 10.2 Å². The third kappa shape index (κ3) is 3.09. The second-order valence-electron chi connectivity index (χ2n) is 3.43. The SMILES string of the molecule is CCCOC(=O)N1CCNCC1C(N)=O. The van der Waals surface area contributed by atoms with Gasteiger partial charge in [-0.3, -0.25) is 9.69 Å². The predicted octanol–water partition coefficient (Wildman–Crippen LogP) is -0.708. The van der Waals surface area contributed by atoms with Crippen LogP contribution in [-0.2, 0) is 9.53 Å². The van der Waals surface area contributed by atoms with E-state index in [1.807, 2.05) is 6.92 Å². The van der Waals surface area contributed by atoms with Gasteiger partial charge in [0.1, 0.15) is 6.04 Å². The van der Waals surface area contributed by atoms with Crippen LogP contribution in [0.3, 0.4) is 0 Å². The number of nitrogens with one attached hydrogen (secondary N) is 1. The quantitative estimate of drug-likeness (QED) is 0.651. The van der Waals surface area contributed by atoms with E-state index < -0.39 is 18.0 Å². The van der Waals surface area contributed by atoms with E-state index in [1.54, 1.807) is 0 Å². The molecule has 1 unspecified atom stereocenters. The first-order chi connectivity index (χ1) is 7.16. The monoisotopic (exact) mass is 215 g/mol. The zero-order valence-electron chi connectivity index (χ0n) is 8.86. The lowest BCUT2D eigenvalue weighted by molar-refractivity contribution is -0.123. The van der Waals surface area contributed by atoms with Crippen molar-refractivity contribution in [1.29, 1.82) is 0 Å². The van der Waals surface area contributed by atoms with E-state index in [-0.39, 0.29) is 0 Å². The van der Waals surface area contributed by atoms with Crippen molar-refractivity contribution in [3.8, 4) is 0 Å². The standard InChI is InChI=1S/C9H17N3O3/c1-2-5-15-9(14)12-4-3-11-6-7(12)8(10)13/h7,11H,2-6H2,1H3,(H2,10,13). The van der Waals surface area contributed by atoms with Crippen molar-refractivity contribution in [3.05, 3.63) is 0 Å². The maximum atomic E-state index is 11.5. The Morgan fingerprint density at radius 2 is 2.33 bits per heavy atom. The van der Waals surface area contributed by atoms with Gasteiger partial charge in [-0.05, 0) is 6.42 Å². The molecule has 2 amide bonds. The van der Waals surface area contributed by atoms with Gasteiger partial charge in [-0.15, -0.1) is 0 Å². The summed E-state index contributed by atoms with van der Waals surface area (Å²) in [5.74, 6) is -0.504. The lowest BCUT2D eigenvalue weighted by Gasteiger charge is -2.33. The van der Waals surface area contributed by atoms with Crippen LogP contribution in [0.4, 0.5) is 4.79 Å². The number of hydrogen-bond acceptors (Lipinski definition) is 4. The Hall–Kier alpha value is -1.30. The van der Waals surface area contributed by atoms with Gasteiger partial charge in [-0.1, -0.05) is 6.92 Å². The molecule has 3 N–H and O–H groups in total. The third-order valence-electron chi connectivity index (χ3n) is 2.24. The van der Waals surface area contributed by atoms with E-state index in [9.17, 15) is 9.59 Å². The molecule has 1 aliphatic heterocycles. The molecular weight excluding hydrogens is 198 g/mol. The molecule has 6 heteroatoms. The molecule has 1 saturated heterocycles. The highest BCUT2D eigenvalue weighted by atomic mass is 16.6. The summed E-state index contributed by atoms with van der Waals surface area (Å²) in [6.45, 7) is 3.79. The summed E-state index contributed by atoms with van der Waals surface area (Å²) in [6.07, 6.45) is 0.307. The highest BCUT2D eigenvalue weighted by Crippen LogP contribution is 2.05. The smallest absolute Gasteiger partial charge is 0.410 e. The lowest BCUT2D eigenvalue weighted by Crippen LogP contribution is -2.58. The van der Waals surface area contributed by atoms with E-state index in [0.29, 0.717) is 26.2 Å². The molecule has 0 aliphatic carbocycles. The number of amides is 2. The number of nitrogens with two attached hydrogens (primary N) is 1. The van der Waals surface area contributed by atoms with Crippen LogP contribution in [-0.4, -0.2) is 49.2 Å². The number of hydrogen-bond donors (Lipinski definition) is 2. The molecule has 1 rings (SSSR count). The second kappa shape index (κ2) is 5.55. The van der Waals surface area contributed by atoms with Crippen molar-refractivity contribution < 1.29 is 14.3 Å². The van der Waals surface area contributed by atoms with Gasteiger partial charge in [-0.25, -0.2) is 4.79 Å². The number of ether oxygens (including phenoxy) is 1.